The molecule has 0 aliphatic carbocycles. The molecule has 1 rings (SSSR count). The van der Waals surface area contributed by atoms with E-state index in [0.29, 0.717) is 0 Å². The number of nitrogens with zero attached hydrogens (tertiary/aromatic N) is 1. The van der Waals surface area contributed by atoms with Crippen LogP contribution in [0.25, 0.3) is 0 Å². The summed E-state index contributed by atoms with van der Waals surface area (Å²) >= 11 is 1.51. The summed E-state index contributed by atoms with van der Waals surface area (Å²) in [6, 6.07) is 0. The van der Waals surface area contributed by atoms with Gasteiger partial charge in [0, 0.05) is 10.3 Å². The monoisotopic (exact) mass is 227 g/mol. The lowest BCUT2D eigenvalue weighted by Gasteiger charge is -2.13. The Labute approximate surface area is 94.2 Å². The van der Waals surface area contributed by atoms with Gasteiger partial charge in [-0.25, -0.2) is 9.78 Å². The van der Waals surface area contributed by atoms with E-state index >= 15 is 0 Å². The molecule has 1 aromatic heterocycles. The molecule has 0 spiro atoms. The molecular formula is C11H17NO2S. The maximum Gasteiger partial charge on any atom is 0.355 e. The molecule has 0 aliphatic heterocycles. The SMILES string of the molecule is CC(C)c1sc(C(C)(C)C)nc1C(=O)O. The van der Waals surface area contributed by atoms with Crippen LogP contribution in [0.3, 0.4) is 0 Å². The zero-order valence-corrected chi connectivity index (χ0v) is 10.6. The highest BCUT2D eigenvalue weighted by Crippen LogP contribution is 2.33. The van der Waals surface area contributed by atoms with Crippen molar-refractivity contribution in [3.8, 4) is 0 Å². The van der Waals surface area contributed by atoms with E-state index in [0.717, 1.165) is 9.88 Å². The first kappa shape index (κ1) is 12.2. The zero-order valence-electron chi connectivity index (χ0n) is 9.79. The minimum absolute atomic E-state index is 0.0813. The van der Waals surface area contributed by atoms with E-state index in [4.69, 9.17) is 5.11 Å². The number of carbonyl (C=O) groups is 1. The lowest BCUT2D eigenvalue weighted by molar-refractivity contribution is 0.0689. The number of hydrogen-bond acceptors (Lipinski definition) is 3. The molecule has 1 heterocycles. The van der Waals surface area contributed by atoms with Gasteiger partial charge in [0.05, 0.1) is 5.01 Å². The maximum absolute atomic E-state index is 11.0. The zero-order chi connectivity index (χ0) is 11.8. The highest BCUT2D eigenvalue weighted by atomic mass is 32.1. The number of hydrogen-bond donors (Lipinski definition) is 1. The smallest absolute Gasteiger partial charge is 0.355 e. The van der Waals surface area contributed by atoms with Gasteiger partial charge in [0.2, 0.25) is 0 Å². The second-order valence-corrected chi connectivity index (χ2v) is 5.97. The fourth-order valence-electron chi connectivity index (χ4n) is 1.20. The van der Waals surface area contributed by atoms with E-state index in [-0.39, 0.29) is 17.0 Å². The quantitative estimate of drug-likeness (QED) is 0.843. The molecule has 0 aromatic carbocycles. The summed E-state index contributed by atoms with van der Waals surface area (Å²) in [6.45, 7) is 10.1. The highest BCUT2D eigenvalue weighted by molar-refractivity contribution is 7.12. The van der Waals surface area contributed by atoms with Crippen LogP contribution in [0, 0.1) is 0 Å². The third-order valence-electron chi connectivity index (χ3n) is 2.02. The Bertz CT molecular complexity index is 374. The van der Waals surface area contributed by atoms with Crippen molar-refractivity contribution >= 4 is 17.3 Å². The van der Waals surface area contributed by atoms with Crippen molar-refractivity contribution in [2.45, 2.75) is 46.0 Å². The summed E-state index contributed by atoms with van der Waals surface area (Å²) in [5.74, 6) is -0.713. The molecule has 4 heteroatoms. The second kappa shape index (κ2) is 3.93. The van der Waals surface area contributed by atoms with Crippen molar-refractivity contribution < 1.29 is 9.90 Å². The van der Waals surface area contributed by atoms with Crippen LogP contribution in [-0.4, -0.2) is 16.1 Å². The molecule has 84 valence electrons. The van der Waals surface area contributed by atoms with E-state index in [1.807, 2.05) is 34.6 Å². The predicted octanol–water partition coefficient (Wildman–Crippen LogP) is 3.26. The standard InChI is InChI=1S/C11H17NO2S/c1-6(2)8-7(9(13)14)12-10(15-8)11(3,4)5/h6H,1-5H3,(H,13,14). The molecular weight excluding hydrogens is 210 g/mol. The van der Waals surface area contributed by atoms with Crippen LogP contribution < -0.4 is 0 Å². The Hall–Kier alpha value is -0.900. The summed E-state index contributed by atoms with van der Waals surface area (Å²) < 4.78 is 0. The average Bonchev–Trinajstić information content (AvgIpc) is 2.45. The van der Waals surface area contributed by atoms with E-state index < -0.39 is 5.97 Å². The van der Waals surface area contributed by atoms with Gasteiger partial charge in [-0.1, -0.05) is 34.6 Å². The van der Waals surface area contributed by atoms with Gasteiger partial charge in [0.1, 0.15) is 0 Å². The van der Waals surface area contributed by atoms with Crippen LogP contribution in [0.15, 0.2) is 0 Å². The van der Waals surface area contributed by atoms with Gasteiger partial charge in [0.25, 0.3) is 0 Å². The molecule has 15 heavy (non-hydrogen) atoms. The molecule has 3 nitrogen and oxygen atoms in total. The van der Waals surface area contributed by atoms with Gasteiger partial charge in [-0.2, -0.15) is 0 Å². The predicted molar refractivity (Wildman–Crippen MR) is 61.9 cm³/mol. The Morgan fingerprint density at radius 2 is 1.93 bits per heavy atom. The van der Waals surface area contributed by atoms with Crippen molar-refractivity contribution in [3.05, 3.63) is 15.6 Å². The Morgan fingerprint density at radius 1 is 1.40 bits per heavy atom. The molecule has 1 aromatic rings. The van der Waals surface area contributed by atoms with Crippen molar-refractivity contribution in [3.63, 3.8) is 0 Å². The van der Waals surface area contributed by atoms with Gasteiger partial charge in [0.15, 0.2) is 5.69 Å². The van der Waals surface area contributed by atoms with Gasteiger partial charge < -0.3 is 5.11 Å². The molecule has 0 bridgehead atoms. The second-order valence-electron chi connectivity index (χ2n) is 4.94. The Balaban J connectivity index is 3.28. The minimum atomic E-state index is -0.926. The normalized spacial score (nSPS) is 12.1. The maximum atomic E-state index is 11.0. The largest absolute Gasteiger partial charge is 0.476 e. The molecule has 0 fully saturated rings. The molecule has 0 saturated carbocycles. The van der Waals surface area contributed by atoms with Gasteiger partial charge in [-0.05, 0) is 5.92 Å². The first-order valence-corrected chi connectivity index (χ1v) is 5.79. The minimum Gasteiger partial charge on any atom is -0.476 e. The first-order valence-electron chi connectivity index (χ1n) is 4.98. The topological polar surface area (TPSA) is 50.2 Å². The molecule has 1 N–H and O–H groups in total. The van der Waals surface area contributed by atoms with Crippen molar-refractivity contribution in [1.29, 1.82) is 0 Å². The average molecular weight is 227 g/mol. The highest BCUT2D eigenvalue weighted by Gasteiger charge is 2.25. The number of thiazole rings is 1. The molecule has 0 amide bonds. The first-order chi connectivity index (χ1) is 6.73. The van der Waals surface area contributed by atoms with Crippen LogP contribution in [0.4, 0.5) is 0 Å². The van der Waals surface area contributed by atoms with Crippen LogP contribution in [0.2, 0.25) is 0 Å². The summed E-state index contributed by atoms with van der Waals surface area (Å²) in [4.78, 5) is 16.1. The third kappa shape index (κ3) is 2.56. The summed E-state index contributed by atoms with van der Waals surface area (Å²) in [7, 11) is 0. The van der Waals surface area contributed by atoms with Gasteiger partial charge in [-0.3, -0.25) is 0 Å². The number of rotatable bonds is 2. The van der Waals surface area contributed by atoms with E-state index in [9.17, 15) is 4.79 Å². The van der Waals surface area contributed by atoms with Crippen LogP contribution in [-0.2, 0) is 5.41 Å². The Morgan fingerprint density at radius 3 is 2.20 bits per heavy atom. The third-order valence-corrected chi connectivity index (χ3v) is 3.80. The molecule has 0 radical (unpaired) electrons. The Kier molecular flexibility index (Phi) is 3.19. The molecule has 0 aliphatic rings. The lowest BCUT2D eigenvalue weighted by Crippen LogP contribution is -2.11. The van der Waals surface area contributed by atoms with Crippen LogP contribution in [0.5, 0.6) is 0 Å². The van der Waals surface area contributed by atoms with E-state index in [2.05, 4.69) is 4.98 Å². The number of aromatic carboxylic acids is 1. The molecule has 0 saturated heterocycles. The van der Waals surface area contributed by atoms with Crippen LogP contribution >= 0.6 is 11.3 Å². The van der Waals surface area contributed by atoms with Crippen LogP contribution in [0.1, 0.15) is 60.9 Å². The number of aromatic nitrogens is 1. The van der Waals surface area contributed by atoms with E-state index in [1.54, 1.807) is 0 Å². The van der Waals surface area contributed by atoms with Crippen molar-refractivity contribution in [2.75, 3.05) is 0 Å². The fourth-order valence-corrected chi connectivity index (χ4v) is 2.31. The fraction of sp³-hybridized carbons (Fsp3) is 0.636. The summed E-state index contributed by atoms with van der Waals surface area (Å²) in [5, 5.41) is 9.93. The van der Waals surface area contributed by atoms with E-state index in [1.165, 1.54) is 11.3 Å². The summed E-state index contributed by atoms with van der Waals surface area (Å²) in [5.41, 5.74) is 0.141. The lowest BCUT2D eigenvalue weighted by atomic mass is 9.98. The molecule has 0 unspecified atom stereocenters. The molecule has 0 atom stereocenters. The van der Waals surface area contributed by atoms with Crippen molar-refractivity contribution in [1.82, 2.24) is 4.98 Å². The number of carboxylic acids is 1. The van der Waals surface area contributed by atoms with Gasteiger partial charge in [-0.15, -0.1) is 11.3 Å². The summed E-state index contributed by atoms with van der Waals surface area (Å²) in [6.07, 6.45) is 0. The van der Waals surface area contributed by atoms with Crippen molar-refractivity contribution in [2.24, 2.45) is 0 Å². The van der Waals surface area contributed by atoms with Gasteiger partial charge >= 0.3 is 5.97 Å². The number of carboxylic acid groups (broad SMARTS) is 1.